The smallest absolute Gasteiger partial charge is 0.341 e. The second kappa shape index (κ2) is 9.23. The molecule has 1 aromatic carbocycles. The zero-order chi connectivity index (χ0) is 22.8. The van der Waals surface area contributed by atoms with E-state index in [2.05, 4.69) is 5.32 Å². The Bertz CT molecular complexity index is 1220. The number of hydrogen-bond donors (Lipinski definition) is 1. The van der Waals surface area contributed by atoms with E-state index in [1.165, 1.54) is 38.6 Å². The predicted molar refractivity (Wildman–Crippen MR) is 118 cm³/mol. The van der Waals surface area contributed by atoms with E-state index < -0.39 is 21.9 Å². The van der Waals surface area contributed by atoms with Crippen LogP contribution in [0.25, 0.3) is 11.3 Å². The van der Waals surface area contributed by atoms with Crippen LogP contribution in [0.2, 0.25) is 5.02 Å². The van der Waals surface area contributed by atoms with E-state index in [0.29, 0.717) is 11.3 Å². The Kier molecular flexibility index (Phi) is 6.85. The molecule has 31 heavy (non-hydrogen) atoms. The molecular weight excluding hydrogens is 464 g/mol. The average Bonchev–Trinajstić information content (AvgIpc) is 3.37. The maximum atomic E-state index is 12.9. The summed E-state index contributed by atoms with van der Waals surface area (Å²) >= 11 is 7.26. The molecule has 0 bridgehead atoms. The van der Waals surface area contributed by atoms with Crippen molar-refractivity contribution >= 4 is 49.8 Å². The van der Waals surface area contributed by atoms with Gasteiger partial charge >= 0.3 is 5.97 Å². The molecule has 3 aromatic rings. The number of hydrogen-bond acceptors (Lipinski definition) is 7. The fraction of sp³-hybridized carbons (Fsp3) is 0.200. The third-order valence-electron chi connectivity index (χ3n) is 4.25. The monoisotopic (exact) mass is 482 g/mol. The summed E-state index contributed by atoms with van der Waals surface area (Å²) in [7, 11) is -0.994. The van der Waals surface area contributed by atoms with Gasteiger partial charge in [-0.1, -0.05) is 11.6 Å². The van der Waals surface area contributed by atoms with E-state index in [0.717, 1.165) is 15.6 Å². The van der Waals surface area contributed by atoms with Crippen LogP contribution in [0.15, 0.2) is 51.3 Å². The summed E-state index contributed by atoms with van der Waals surface area (Å²) in [6.07, 6.45) is 1.47. The number of thiophene rings is 1. The Hall–Kier alpha value is -2.66. The van der Waals surface area contributed by atoms with Crippen molar-refractivity contribution in [2.75, 3.05) is 26.0 Å². The van der Waals surface area contributed by atoms with E-state index in [4.69, 9.17) is 20.8 Å². The standard InChI is InChI=1S/C20H19ClN2O6S2/c1-4-28-20(25)17-14(16-6-5-9-29-16)11-30-19(17)22-18(24)13-10-12(7-8-15(13)21)31(26,27)23(2)3/h5-11H,4H2,1-3H3,(H,22,24). The van der Waals surface area contributed by atoms with Crippen LogP contribution in [0.4, 0.5) is 5.00 Å². The van der Waals surface area contributed by atoms with Gasteiger partial charge in [-0.15, -0.1) is 11.3 Å². The molecule has 8 nitrogen and oxygen atoms in total. The lowest BCUT2D eigenvalue weighted by molar-refractivity contribution is 0.0528. The van der Waals surface area contributed by atoms with Gasteiger partial charge in [-0.2, -0.15) is 0 Å². The summed E-state index contributed by atoms with van der Waals surface area (Å²) in [6, 6.07) is 7.21. The van der Waals surface area contributed by atoms with E-state index in [9.17, 15) is 18.0 Å². The van der Waals surface area contributed by atoms with Gasteiger partial charge in [0, 0.05) is 25.0 Å². The molecule has 0 aliphatic heterocycles. The molecule has 0 aliphatic rings. The van der Waals surface area contributed by atoms with E-state index >= 15 is 0 Å². The van der Waals surface area contributed by atoms with E-state index in [1.54, 1.807) is 24.4 Å². The summed E-state index contributed by atoms with van der Waals surface area (Å²) in [5.74, 6) is -0.850. The van der Waals surface area contributed by atoms with Crippen molar-refractivity contribution in [2.24, 2.45) is 0 Å². The molecule has 0 saturated heterocycles. The van der Waals surface area contributed by atoms with Crippen molar-refractivity contribution < 1.29 is 27.2 Å². The Labute approximate surface area is 188 Å². The molecule has 0 fully saturated rings. The van der Waals surface area contributed by atoms with Crippen molar-refractivity contribution in [1.29, 1.82) is 0 Å². The topological polar surface area (TPSA) is 106 Å². The first-order chi connectivity index (χ1) is 14.7. The molecule has 3 rings (SSSR count). The normalized spacial score (nSPS) is 11.5. The Morgan fingerprint density at radius 3 is 2.61 bits per heavy atom. The molecule has 0 atom stereocenters. The number of nitrogens with zero attached hydrogens (tertiary/aromatic N) is 1. The predicted octanol–water partition coefficient (Wildman–Crippen LogP) is 4.34. The van der Waals surface area contributed by atoms with Crippen LogP contribution in [0.5, 0.6) is 0 Å². The minimum Gasteiger partial charge on any atom is -0.464 e. The van der Waals surface area contributed by atoms with Crippen LogP contribution in [0.1, 0.15) is 27.6 Å². The summed E-state index contributed by atoms with van der Waals surface area (Å²) < 4.78 is 36.4. The number of halogens is 1. The number of ether oxygens (including phenoxy) is 1. The number of rotatable bonds is 7. The lowest BCUT2D eigenvalue weighted by atomic mass is 10.1. The van der Waals surface area contributed by atoms with Gasteiger partial charge in [-0.25, -0.2) is 17.5 Å². The van der Waals surface area contributed by atoms with Gasteiger partial charge in [-0.05, 0) is 37.3 Å². The fourth-order valence-electron chi connectivity index (χ4n) is 2.69. The van der Waals surface area contributed by atoms with Gasteiger partial charge < -0.3 is 14.5 Å². The van der Waals surface area contributed by atoms with Gasteiger partial charge in [0.1, 0.15) is 16.3 Å². The number of carbonyl (C=O) groups is 2. The summed E-state index contributed by atoms with van der Waals surface area (Å²) in [4.78, 5) is 25.4. The Balaban J connectivity index is 2.00. The Morgan fingerprint density at radius 2 is 2.00 bits per heavy atom. The van der Waals surface area contributed by atoms with Crippen LogP contribution < -0.4 is 5.32 Å². The lowest BCUT2D eigenvalue weighted by Crippen LogP contribution is -2.23. The largest absolute Gasteiger partial charge is 0.464 e. The maximum absolute atomic E-state index is 12.9. The minimum atomic E-state index is -3.77. The molecule has 164 valence electrons. The van der Waals surface area contributed by atoms with Crippen LogP contribution >= 0.6 is 22.9 Å². The van der Waals surface area contributed by atoms with Gasteiger partial charge in [0.05, 0.1) is 28.4 Å². The number of benzene rings is 1. The number of carbonyl (C=O) groups excluding carboxylic acids is 2. The third kappa shape index (κ3) is 4.67. The molecule has 2 heterocycles. The van der Waals surface area contributed by atoms with Gasteiger partial charge in [0.2, 0.25) is 10.0 Å². The second-order valence-corrected chi connectivity index (χ2v) is 9.87. The van der Waals surface area contributed by atoms with E-state index in [1.807, 2.05) is 0 Å². The van der Waals surface area contributed by atoms with Crippen LogP contribution in [-0.2, 0) is 14.8 Å². The number of nitrogens with one attached hydrogen (secondary N) is 1. The fourth-order valence-corrected chi connectivity index (χ4v) is 4.75. The lowest BCUT2D eigenvalue weighted by Gasteiger charge is -2.13. The van der Waals surface area contributed by atoms with Crippen molar-refractivity contribution in [3.8, 4) is 11.3 Å². The zero-order valence-electron chi connectivity index (χ0n) is 16.8. The first-order valence-electron chi connectivity index (χ1n) is 9.02. The minimum absolute atomic E-state index is 0.0488. The maximum Gasteiger partial charge on any atom is 0.341 e. The molecule has 11 heteroatoms. The summed E-state index contributed by atoms with van der Waals surface area (Å²) in [5, 5.41) is 4.60. The molecule has 2 aromatic heterocycles. The van der Waals surface area contributed by atoms with Crippen molar-refractivity contribution in [2.45, 2.75) is 11.8 Å². The molecule has 0 unspecified atom stereocenters. The van der Waals surface area contributed by atoms with Crippen LogP contribution in [0, 0.1) is 0 Å². The molecule has 0 radical (unpaired) electrons. The highest BCUT2D eigenvalue weighted by molar-refractivity contribution is 7.89. The summed E-state index contributed by atoms with van der Waals surface area (Å²) in [6.45, 7) is 1.82. The highest BCUT2D eigenvalue weighted by Gasteiger charge is 2.26. The molecule has 0 spiro atoms. The van der Waals surface area contributed by atoms with Gasteiger partial charge in [0.25, 0.3) is 5.91 Å². The van der Waals surface area contributed by atoms with Crippen molar-refractivity contribution in [3.05, 3.63) is 58.1 Å². The number of furan rings is 1. The molecule has 0 aliphatic carbocycles. The second-order valence-electron chi connectivity index (χ2n) is 6.43. The summed E-state index contributed by atoms with van der Waals surface area (Å²) in [5.41, 5.74) is 0.564. The first-order valence-corrected chi connectivity index (χ1v) is 11.7. The SMILES string of the molecule is CCOC(=O)c1c(-c2ccco2)csc1NC(=O)c1cc(S(=O)(=O)N(C)C)ccc1Cl. The number of amides is 1. The average molecular weight is 483 g/mol. The zero-order valence-corrected chi connectivity index (χ0v) is 19.2. The molecule has 1 amide bonds. The van der Waals surface area contributed by atoms with Gasteiger partial charge in [-0.3, -0.25) is 4.79 Å². The Morgan fingerprint density at radius 1 is 1.26 bits per heavy atom. The van der Waals surface area contributed by atoms with Crippen LogP contribution in [-0.4, -0.2) is 45.3 Å². The molecule has 1 N–H and O–H groups in total. The van der Waals surface area contributed by atoms with Crippen LogP contribution in [0.3, 0.4) is 0 Å². The van der Waals surface area contributed by atoms with Gasteiger partial charge in [0.15, 0.2) is 0 Å². The van der Waals surface area contributed by atoms with E-state index in [-0.39, 0.29) is 32.7 Å². The number of sulfonamides is 1. The number of esters is 1. The first kappa shape index (κ1) is 23.0. The highest BCUT2D eigenvalue weighted by Crippen LogP contribution is 2.37. The quantitative estimate of drug-likeness (QED) is 0.502. The highest BCUT2D eigenvalue weighted by atomic mass is 35.5. The van der Waals surface area contributed by atoms with Crippen molar-refractivity contribution in [3.63, 3.8) is 0 Å². The third-order valence-corrected chi connectivity index (χ3v) is 7.28. The number of anilines is 1. The molecular formula is C20H19ClN2O6S2. The van der Waals surface area contributed by atoms with Crippen molar-refractivity contribution in [1.82, 2.24) is 4.31 Å². The molecule has 0 saturated carbocycles.